The van der Waals surface area contributed by atoms with Crippen molar-refractivity contribution in [2.75, 3.05) is 32.9 Å². The molecule has 0 aromatic rings. The maximum absolute atomic E-state index is 12.4. The molecule has 0 unspecified atom stereocenters. The number of nitrogens with zero attached hydrogens (tertiary/aromatic N) is 1. The summed E-state index contributed by atoms with van der Waals surface area (Å²) < 4.78 is 11.2. The molecule has 0 spiro atoms. The van der Waals surface area contributed by atoms with Gasteiger partial charge in [0.25, 0.3) is 0 Å². The molecular weight excluding hydrogens is 338 g/mol. The molecule has 0 bridgehead atoms. The van der Waals surface area contributed by atoms with Gasteiger partial charge in [-0.1, -0.05) is 12.8 Å². The van der Waals surface area contributed by atoms with Crippen LogP contribution in [0.4, 0.5) is 4.79 Å². The van der Waals surface area contributed by atoms with Gasteiger partial charge in [0.05, 0.1) is 38.4 Å². The number of morpholine rings is 1. The number of rotatable bonds is 5. The summed E-state index contributed by atoms with van der Waals surface area (Å²) in [5.74, 6) is 0.0698. The molecule has 2 aliphatic heterocycles. The Morgan fingerprint density at radius 1 is 1.04 bits per heavy atom. The van der Waals surface area contributed by atoms with Crippen LogP contribution in [0.5, 0.6) is 0 Å². The first-order valence-electron chi connectivity index (χ1n) is 9.84. The minimum Gasteiger partial charge on any atom is -0.394 e. The van der Waals surface area contributed by atoms with Gasteiger partial charge in [0.2, 0.25) is 5.91 Å². The largest absolute Gasteiger partial charge is 0.394 e. The fraction of sp³-hybridized carbons (Fsp3) is 0.889. The molecule has 3 atom stereocenters. The summed E-state index contributed by atoms with van der Waals surface area (Å²) in [6, 6.07) is -0.158. The molecule has 2 heterocycles. The number of ether oxygens (including phenoxy) is 2. The Morgan fingerprint density at radius 3 is 2.46 bits per heavy atom. The summed E-state index contributed by atoms with van der Waals surface area (Å²) >= 11 is 0. The number of amides is 3. The highest BCUT2D eigenvalue weighted by atomic mass is 16.5. The quantitative estimate of drug-likeness (QED) is 0.651. The average Bonchev–Trinajstić information content (AvgIpc) is 3.16. The van der Waals surface area contributed by atoms with Crippen molar-refractivity contribution < 1.29 is 24.2 Å². The number of carbonyl (C=O) groups is 2. The lowest BCUT2D eigenvalue weighted by atomic mass is 9.97. The van der Waals surface area contributed by atoms with Gasteiger partial charge in [0.15, 0.2) is 0 Å². The molecule has 2 saturated heterocycles. The van der Waals surface area contributed by atoms with Crippen LogP contribution >= 0.6 is 0 Å². The monoisotopic (exact) mass is 369 g/mol. The Morgan fingerprint density at radius 2 is 1.77 bits per heavy atom. The van der Waals surface area contributed by atoms with Crippen molar-refractivity contribution in [1.29, 1.82) is 0 Å². The third-order valence-electron chi connectivity index (χ3n) is 5.57. The second-order valence-electron chi connectivity index (χ2n) is 7.46. The minimum atomic E-state index is -0.472. The van der Waals surface area contributed by atoms with Crippen molar-refractivity contribution in [3.05, 3.63) is 0 Å². The van der Waals surface area contributed by atoms with Gasteiger partial charge in [-0.15, -0.1) is 0 Å². The van der Waals surface area contributed by atoms with Crippen molar-refractivity contribution in [3.63, 3.8) is 0 Å². The fourth-order valence-electron chi connectivity index (χ4n) is 4.05. The summed E-state index contributed by atoms with van der Waals surface area (Å²) in [5.41, 5.74) is 0. The van der Waals surface area contributed by atoms with Gasteiger partial charge < -0.3 is 30.1 Å². The first-order valence-corrected chi connectivity index (χ1v) is 9.84. The van der Waals surface area contributed by atoms with Crippen molar-refractivity contribution in [2.45, 2.75) is 69.2 Å². The lowest BCUT2D eigenvalue weighted by molar-refractivity contribution is -0.143. The van der Waals surface area contributed by atoms with Crippen LogP contribution < -0.4 is 10.6 Å². The van der Waals surface area contributed by atoms with Crippen molar-refractivity contribution in [3.8, 4) is 0 Å². The zero-order chi connectivity index (χ0) is 18.4. The summed E-state index contributed by atoms with van der Waals surface area (Å²) in [6.07, 6.45) is 5.42. The Hall–Kier alpha value is -1.38. The predicted octanol–water partition coefficient (Wildman–Crippen LogP) is 0.386. The van der Waals surface area contributed by atoms with Crippen LogP contribution in [0.3, 0.4) is 0 Å². The molecule has 8 heteroatoms. The zero-order valence-electron chi connectivity index (χ0n) is 15.3. The maximum Gasteiger partial charge on any atom is 0.315 e. The van der Waals surface area contributed by atoms with E-state index in [-0.39, 0.29) is 36.7 Å². The summed E-state index contributed by atoms with van der Waals surface area (Å²) in [4.78, 5) is 26.3. The van der Waals surface area contributed by atoms with E-state index in [1.54, 1.807) is 4.90 Å². The summed E-state index contributed by atoms with van der Waals surface area (Å²) in [6.45, 7) is 2.24. The SMILES string of the molecule is O=C(NC1CCCC1)N[C@H]1CC[C@H](CC(=O)N2CCOCC2)O[C@@H]1CO. The number of hydrogen-bond donors (Lipinski definition) is 3. The van der Waals surface area contributed by atoms with E-state index in [2.05, 4.69) is 10.6 Å². The molecule has 1 saturated carbocycles. The van der Waals surface area contributed by atoms with Crippen molar-refractivity contribution in [1.82, 2.24) is 15.5 Å². The van der Waals surface area contributed by atoms with E-state index in [1.807, 2.05) is 0 Å². The van der Waals surface area contributed by atoms with Crippen molar-refractivity contribution in [2.24, 2.45) is 0 Å². The van der Waals surface area contributed by atoms with E-state index >= 15 is 0 Å². The molecule has 0 radical (unpaired) electrons. The highest BCUT2D eigenvalue weighted by Crippen LogP contribution is 2.23. The molecule has 8 nitrogen and oxygen atoms in total. The molecule has 3 amide bonds. The molecule has 3 rings (SSSR count). The standard InChI is InChI=1S/C18H31N3O5/c22-12-16-15(20-18(24)19-13-3-1-2-4-13)6-5-14(26-16)11-17(23)21-7-9-25-10-8-21/h13-16,22H,1-12H2,(H2,19,20,24)/t14-,15+,16-/m1/s1. The van der Waals surface area contributed by atoms with Crippen LogP contribution in [0.2, 0.25) is 0 Å². The van der Waals surface area contributed by atoms with E-state index < -0.39 is 6.10 Å². The normalized spacial score (nSPS) is 30.2. The second kappa shape index (κ2) is 9.53. The van der Waals surface area contributed by atoms with E-state index in [9.17, 15) is 14.7 Å². The molecule has 3 N–H and O–H groups in total. The molecule has 0 aromatic heterocycles. The average molecular weight is 369 g/mol. The number of nitrogens with one attached hydrogen (secondary N) is 2. The van der Waals surface area contributed by atoms with E-state index in [0.29, 0.717) is 45.6 Å². The number of hydrogen-bond acceptors (Lipinski definition) is 5. The van der Waals surface area contributed by atoms with Crippen LogP contribution in [0.15, 0.2) is 0 Å². The summed E-state index contributed by atoms with van der Waals surface area (Å²) in [7, 11) is 0. The Balaban J connectivity index is 1.43. The topological polar surface area (TPSA) is 100 Å². The van der Waals surface area contributed by atoms with Gasteiger partial charge in [-0.05, 0) is 25.7 Å². The van der Waals surface area contributed by atoms with Crippen LogP contribution in [0, 0.1) is 0 Å². The smallest absolute Gasteiger partial charge is 0.315 e. The minimum absolute atomic E-state index is 0.0698. The Labute approximate surface area is 154 Å². The van der Waals surface area contributed by atoms with Gasteiger partial charge in [0.1, 0.15) is 6.10 Å². The van der Waals surface area contributed by atoms with E-state index in [1.165, 1.54) is 0 Å². The Bertz CT molecular complexity index is 477. The number of carbonyl (C=O) groups excluding carboxylic acids is 2. The van der Waals surface area contributed by atoms with Crippen molar-refractivity contribution >= 4 is 11.9 Å². The fourth-order valence-corrected chi connectivity index (χ4v) is 4.05. The molecular formula is C18H31N3O5. The molecule has 26 heavy (non-hydrogen) atoms. The lowest BCUT2D eigenvalue weighted by Gasteiger charge is -2.37. The number of aliphatic hydroxyl groups excluding tert-OH is 1. The van der Waals surface area contributed by atoms with Gasteiger partial charge in [-0.3, -0.25) is 4.79 Å². The van der Waals surface area contributed by atoms with Gasteiger partial charge in [0, 0.05) is 19.1 Å². The highest BCUT2D eigenvalue weighted by molar-refractivity contribution is 5.77. The molecule has 3 aliphatic rings. The lowest BCUT2D eigenvalue weighted by Crippen LogP contribution is -2.55. The van der Waals surface area contributed by atoms with Crippen LogP contribution in [0.25, 0.3) is 0 Å². The maximum atomic E-state index is 12.4. The highest BCUT2D eigenvalue weighted by Gasteiger charge is 2.34. The van der Waals surface area contributed by atoms with Gasteiger partial charge >= 0.3 is 6.03 Å². The number of urea groups is 1. The molecule has 148 valence electrons. The van der Waals surface area contributed by atoms with E-state index in [4.69, 9.17) is 9.47 Å². The van der Waals surface area contributed by atoms with Gasteiger partial charge in [-0.25, -0.2) is 4.79 Å². The summed E-state index contributed by atoms with van der Waals surface area (Å²) in [5, 5.41) is 15.6. The first-order chi connectivity index (χ1) is 12.7. The second-order valence-corrected chi connectivity index (χ2v) is 7.46. The Kier molecular flexibility index (Phi) is 7.10. The third-order valence-corrected chi connectivity index (χ3v) is 5.57. The number of aliphatic hydroxyl groups is 1. The van der Waals surface area contributed by atoms with Crippen LogP contribution in [-0.4, -0.2) is 79.1 Å². The molecule has 0 aromatic carbocycles. The first kappa shape index (κ1) is 19.4. The third kappa shape index (κ3) is 5.31. The molecule has 1 aliphatic carbocycles. The zero-order valence-corrected chi connectivity index (χ0v) is 15.3. The van der Waals surface area contributed by atoms with E-state index in [0.717, 1.165) is 25.7 Å². The predicted molar refractivity (Wildman–Crippen MR) is 94.7 cm³/mol. The van der Waals surface area contributed by atoms with Crippen LogP contribution in [-0.2, 0) is 14.3 Å². The molecule has 3 fully saturated rings. The van der Waals surface area contributed by atoms with Gasteiger partial charge in [-0.2, -0.15) is 0 Å². The van der Waals surface area contributed by atoms with Crippen LogP contribution in [0.1, 0.15) is 44.9 Å².